The smallest absolute Gasteiger partial charge is 0.241 e. The number of nitrogen functional groups attached to an aromatic ring is 1. The molecule has 0 aromatic heterocycles. The molecule has 0 unspecified atom stereocenters. The van der Waals surface area contributed by atoms with E-state index in [2.05, 4.69) is 26.8 Å². The molecule has 16 heteroatoms. The predicted octanol–water partition coefficient (Wildman–Crippen LogP) is -2.07. The van der Waals surface area contributed by atoms with Gasteiger partial charge in [0, 0.05) is 18.7 Å². The molecule has 268 valence electrons. The van der Waals surface area contributed by atoms with E-state index in [1.807, 2.05) is 30.3 Å². The van der Waals surface area contributed by atoms with E-state index in [4.69, 9.17) is 34.1 Å². The Kier molecular flexibility index (Phi) is 16.4. The summed E-state index contributed by atoms with van der Waals surface area (Å²) in [6, 6.07) is 13.4. The van der Waals surface area contributed by atoms with Gasteiger partial charge in [-0.2, -0.15) is 0 Å². The average Bonchev–Trinajstić information content (AvgIpc) is 3.57. The molecule has 0 spiro atoms. The molecule has 0 saturated carbocycles. The maximum atomic E-state index is 13.9. The molecular weight excluding hydrogens is 628 g/mol. The first-order valence-electron chi connectivity index (χ1n) is 16.6. The molecule has 3 rings (SSSR count). The van der Waals surface area contributed by atoms with Crippen LogP contribution in [0.3, 0.4) is 0 Å². The summed E-state index contributed by atoms with van der Waals surface area (Å²) in [7, 11) is 0. The van der Waals surface area contributed by atoms with Crippen molar-refractivity contribution >= 4 is 29.2 Å². The van der Waals surface area contributed by atoms with Gasteiger partial charge in [0.1, 0.15) is 24.5 Å². The van der Waals surface area contributed by atoms with Crippen molar-refractivity contribution in [2.75, 3.05) is 19.6 Å². The predicted molar refractivity (Wildman–Crippen MR) is 187 cm³/mol. The highest BCUT2D eigenvalue weighted by molar-refractivity contribution is 6.41. The van der Waals surface area contributed by atoms with Gasteiger partial charge in [0.2, 0.25) is 23.4 Å². The molecule has 16 N–H and O–H groups in total. The number of nitrogens with zero attached hydrogens (tertiary/aromatic N) is 1. The van der Waals surface area contributed by atoms with Crippen molar-refractivity contribution < 1.29 is 19.2 Å². The molecule has 1 heterocycles. The van der Waals surface area contributed by atoms with E-state index in [-0.39, 0.29) is 24.6 Å². The highest BCUT2D eigenvalue weighted by atomic mass is 16.2. The van der Waals surface area contributed by atoms with Gasteiger partial charge in [-0.15, -0.1) is 0 Å². The summed E-state index contributed by atoms with van der Waals surface area (Å²) in [4.78, 5) is 55.8. The summed E-state index contributed by atoms with van der Waals surface area (Å²) in [5, 5.41) is 16.1. The molecule has 0 bridgehead atoms. The van der Waals surface area contributed by atoms with E-state index < -0.39 is 48.2 Å². The molecule has 1 aliphatic rings. The van der Waals surface area contributed by atoms with Crippen molar-refractivity contribution in [1.82, 2.24) is 31.7 Å². The molecule has 1 fully saturated rings. The number of ketones is 2. The lowest BCUT2D eigenvalue weighted by atomic mass is 9.97. The number of Topliss-reactive ketones (excluding diaryl/α,β-unsaturated/α-hetero) is 2. The third-order valence-electron chi connectivity index (χ3n) is 8.17. The Hall–Kier alpha value is -4.13. The SMILES string of the molecule is N=C(N)c1ccc(CNN[C@@H](CCCNC(N)N)C(=O)N2CCC[C@H]2C(=O)C(=O)[C@H](CCCNC(N)N)NC(=O)Cc2ccccc2)cc1. The van der Waals surface area contributed by atoms with E-state index in [1.165, 1.54) is 4.90 Å². The summed E-state index contributed by atoms with van der Waals surface area (Å²) in [6.45, 7) is 1.51. The Labute approximate surface area is 287 Å². The number of amidine groups is 1. The number of hydrazine groups is 1. The normalized spacial score (nSPS) is 15.7. The second kappa shape index (κ2) is 20.4. The standard InChI is InChI=1S/C33H52N12O4/c34-30(35)23-14-12-22(13-15-23)20-42-44-25(10-5-17-41-33(38)39)31(49)45-18-6-11-26(45)29(48)28(47)24(9-4-16-40-32(36)37)43-27(46)19-21-7-2-1-3-8-21/h1-3,7-8,12-15,24-26,32-33,40-42,44H,4-6,9-11,16-20,36-39H2,(H3,34,35)(H,43,46)/t24-,25-,26-/m0/s1. The van der Waals surface area contributed by atoms with Crippen LogP contribution in [-0.2, 0) is 32.1 Å². The molecule has 1 aliphatic heterocycles. The Morgan fingerprint density at radius 3 is 2.04 bits per heavy atom. The van der Waals surface area contributed by atoms with Crippen molar-refractivity contribution in [3.8, 4) is 0 Å². The van der Waals surface area contributed by atoms with Gasteiger partial charge in [-0.1, -0.05) is 54.6 Å². The van der Waals surface area contributed by atoms with Crippen LogP contribution >= 0.6 is 0 Å². The summed E-state index contributed by atoms with van der Waals surface area (Å²) in [5.41, 5.74) is 36.3. The van der Waals surface area contributed by atoms with Crippen molar-refractivity contribution in [3.05, 3.63) is 71.3 Å². The van der Waals surface area contributed by atoms with Crippen molar-refractivity contribution in [2.24, 2.45) is 28.7 Å². The monoisotopic (exact) mass is 680 g/mol. The maximum Gasteiger partial charge on any atom is 0.241 e. The fraction of sp³-hybridized carbons (Fsp3) is 0.485. The van der Waals surface area contributed by atoms with E-state index in [0.717, 1.165) is 11.1 Å². The van der Waals surface area contributed by atoms with Crippen LogP contribution in [0.15, 0.2) is 54.6 Å². The van der Waals surface area contributed by atoms with Gasteiger partial charge in [-0.25, -0.2) is 5.43 Å². The van der Waals surface area contributed by atoms with E-state index in [0.29, 0.717) is 63.8 Å². The Morgan fingerprint density at radius 2 is 1.45 bits per heavy atom. The zero-order chi connectivity index (χ0) is 35.8. The van der Waals surface area contributed by atoms with Gasteiger partial charge in [0.05, 0.1) is 18.5 Å². The van der Waals surface area contributed by atoms with Crippen LogP contribution in [0.25, 0.3) is 0 Å². The van der Waals surface area contributed by atoms with Gasteiger partial charge in [0.25, 0.3) is 0 Å². The van der Waals surface area contributed by atoms with E-state index in [1.54, 1.807) is 24.3 Å². The number of carbonyl (C=O) groups is 4. The fourth-order valence-corrected chi connectivity index (χ4v) is 5.62. The molecule has 1 saturated heterocycles. The number of likely N-dealkylation sites (tertiary alicyclic amines) is 1. The first kappa shape index (κ1) is 39.3. The fourth-order valence-electron chi connectivity index (χ4n) is 5.62. The first-order valence-corrected chi connectivity index (χ1v) is 16.6. The minimum absolute atomic E-state index is 0.0310. The number of nitrogens with one attached hydrogen (secondary N) is 6. The van der Waals surface area contributed by atoms with Crippen molar-refractivity contribution in [2.45, 2.75) is 82.2 Å². The van der Waals surface area contributed by atoms with Gasteiger partial charge in [-0.05, 0) is 62.7 Å². The molecule has 3 atom stereocenters. The van der Waals surface area contributed by atoms with Crippen LogP contribution in [0.1, 0.15) is 55.2 Å². The minimum Gasteiger partial charge on any atom is -0.384 e. The molecule has 2 amide bonds. The maximum absolute atomic E-state index is 13.9. The van der Waals surface area contributed by atoms with Crippen LogP contribution in [0.2, 0.25) is 0 Å². The zero-order valence-electron chi connectivity index (χ0n) is 27.8. The quantitative estimate of drug-likeness (QED) is 0.0159. The molecule has 2 aromatic rings. The largest absolute Gasteiger partial charge is 0.384 e. The summed E-state index contributed by atoms with van der Waals surface area (Å²) in [5.74, 6) is -2.21. The van der Waals surface area contributed by atoms with Gasteiger partial charge < -0.3 is 38.9 Å². The highest BCUT2D eigenvalue weighted by Crippen LogP contribution is 2.21. The van der Waals surface area contributed by atoms with Crippen LogP contribution in [0, 0.1) is 5.41 Å². The lowest BCUT2D eigenvalue weighted by Crippen LogP contribution is -2.56. The Balaban J connectivity index is 1.70. The second-order valence-corrected chi connectivity index (χ2v) is 12.1. The van der Waals surface area contributed by atoms with Gasteiger partial charge >= 0.3 is 0 Å². The molecule has 16 nitrogen and oxygen atoms in total. The lowest BCUT2D eigenvalue weighted by Gasteiger charge is -2.29. The number of hydrogen-bond donors (Lipinski definition) is 11. The van der Waals surface area contributed by atoms with Gasteiger partial charge in [-0.3, -0.25) is 40.6 Å². The third-order valence-corrected chi connectivity index (χ3v) is 8.17. The van der Waals surface area contributed by atoms with Crippen molar-refractivity contribution in [1.29, 1.82) is 5.41 Å². The number of nitrogens with two attached hydrogens (primary N) is 5. The van der Waals surface area contributed by atoms with E-state index in [9.17, 15) is 19.2 Å². The molecular formula is C33H52N12O4. The summed E-state index contributed by atoms with van der Waals surface area (Å²) < 4.78 is 0. The number of amides is 2. The van der Waals surface area contributed by atoms with Crippen LogP contribution in [0.5, 0.6) is 0 Å². The third kappa shape index (κ3) is 13.4. The van der Waals surface area contributed by atoms with Crippen LogP contribution in [-0.4, -0.2) is 84.5 Å². The van der Waals surface area contributed by atoms with Crippen LogP contribution < -0.4 is 55.5 Å². The molecule has 0 aliphatic carbocycles. The lowest BCUT2D eigenvalue weighted by molar-refractivity contribution is -0.145. The Morgan fingerprint density at radius 1 is 0.837 bits per heavy atom. The highest BCUT2D eigenvalue weighted by Gasteiger charge is 2.41. The topological polar surface area (TPSA) is 286 Å². The first-order chi connectivity index (χ1) is 23.5. The molecule has 0 radical (unpaired) electrons. The number of hydrogen-bond acceptors (Lipinski definition) is 13. The summed E-state index contributed by atoms with van der Waals surface area (Å²) >= 11 is 0. The number of benzene rings is 2. The van der Waals surface area contributed by atoms with E-state index >= 15 is 0 Å². The zero-order valence-corrected chi connectivity index (χ0v) is 27.8. The van der Waals surface area contributed by atoms with Crippen molar-refractivity contribution in [3.63, 3.8) is 0 Å². The molecule has 49 heavy (non-hydrogen) atoms. The number of carbonyl (C=O) groups excluding carboxylic acids is 4. The minimum atomic E-state index is -1.08. The summed E-state index contributed by atoms with van der Waals surface area (Å²) in [6.07, 6.45) is 1.01. The second-order valence-electron chi connectivity index (χ2n) is 12.1. The molecule has 2 aromatic carbocycles. The van der Waals surface area contributed by atoms with Gasteiger partial charge in [0.15, 0.2) is 0 Å². The Bertz CT molecular complexity index is 1370. The van der Waals surface area contributed by atoms with Crippen LogP contribution in [0.4, 0.5) is 0 Å². The number of rotatable bonds is 22. The average molecular weight is 681 g/mol.